The number of benzene rings is 2. The van der Waals surface area contributed by atoms with E-state index in [0.717, 1.165) is 24.1 Å². The number of nitrogens with two attached hydrogens (primary N) is 1. The van der Waals surface area contributed by atoms with Gasteiger partial charge in [-0.1, -0.05) is 73.2 Å². The Balaban J connectivity index is 0.000000272. The zero-order chi connectivity index (χ0) is 46.2. The van der Waals surface area contributed by atoms with E-state index in [1.54, 1.807) is 84.0 Å². The van der Waals surface area contributed by atoms with Crippen molar-refractivity contribution in [1.29, 1.82) is 0 Å². The normalized spacial score (nSPS) is 12.5. The zero-order valence-electron chi connectivity index (χ0n) is 36.9. The summed E-state index contributed by atoms with van der Waals surface area (Å²) >= 11 is 0. The molecule has 0 aliphatic heterocycles. The molecule has 0 spiro atoms. The lowest BCUT2D eigenvalue weighted by Crippen LogP contribution is -2.42. The molecule has 0 atom stereocenters. The van der Waals surface area contributed by atoms with Crippen LogP contribution in [0.3, 0.4) is 0 Å². The Morgan fingerprint density at radius 2 is 1.03 bits per heavy atom. The van der Waals surface area contributed by atoms with Gasteiger partial charge in [-0.3, -0.25) is 5.43 Å². The van der Waals surface area contributed by atoms with Gasteiger partial charge in [0.15, 0.2) is 22.9 Å². The molecule has 63 heavy (non-hydrogen) atoms. The first kappa shape index (κ1) is 49.5. The van der Waals surface area contributed by atoms with E-state index in [1.165, 1.54) is 30.9 Å². The molecular formula is C43H58N10O8S2. The van der Waals surface area contributed by atoms with E-state index in [2.05, 4.69) is 72.3 Å². The SMILES string of the molecule is C.CC(C)(C)OC(=O)N(N)c1cnc2c(ccn2S(=O)(=O)c2ccc(C(C)(C)C)cc2)n1.CC(C)(C)OC(=O)NNc1cnc2c(ccn2S(=O)(=O)c2ccc(C(C)(C)C)cc2)n1. The van der Waals surface area contributed by atoms with Gasteiger partial charge in [-0.25, -0.2) is 65.6 Å². The van der Waals surface area contributed by atoms with E-state index in [4.69, 9.17) is 15.3 Å². The lowest BCUT2D eigenvalue weighted by Gasteiger charge is -2.23. The van der Waals surface area contributed by atoms with Crippen molar-refractivity contribution < 1.29 is 35.9 Å². The maximum atomic E-state index is 13.1. The van der Waals surface area contributed by atoms with Crippen molar-refractivity contribution in [3.63, 3.8) is 0 Å². The third-order valence-electron chi connectivity index (χ3n) is 8.78. The van der Waals surface area contributed by atoms with Crippen LogP contribution in [-0.4, -0.2) is 68.1 Å². The monoisotopic (exact) mass is 906 g/mol. The van der Waals surface area contributed by atoms with E-state index < -0.39 is 43.4 Å². The summed E-state index contributed by atoms with van der Waals surface area (Å²) < 4.78 is 65.0. The van der Waals surface area contributed by atoms with Crippen molar-refractivity contribution in [3.8, 4) is 0 Å². The molecule has 6 aromatic rings. The van der Waals surface area contributed by atoms with Gasteiger partial charge in [-0.15, -0.1) is 0 Å². The van der Waals surface area contributed by atoms with Crippen molar-refractivity contribution in [3.05, 3.63) is 96.6 Å². The number of rotatable bonds is 7. The van der Waals surface area contributed by atoms with Crippen LogP contribution in [0.4, 0.5) is 21.2 Å². The van der Waals surface area contributed by atoms with Crippen LogP contribution in [-0.2, 0) is 40.4 Å². The highest BCUT2D eigenvalue weighted by Crippen LogP contribution is 2.28. The first-order valence-corrected chi connectivity index (χ1v) is 22.3. The molecule has 0 aliphatic carbocycles. The van der Waals surface area contributed by atoms with E-state index in [9.17, 15) is 26.4 Å². The van der Waals surface area contributed by atoms with Crippen molar-refractivity contribution in [2.45, 2.75) is 122 Å². The number of fused-ring (bicyclic) bond motifs is 2. The summed E-state index contributed by atoms with van der Waals surface area (Å²) in [5.41, 5.74) is 6.42. The standard InChI is InChI=1S/2C21H27N5O4S.CH4/c1-20(2,3)14-7-9-15(10-8-14)31(28,29)25-12-11-16-18(25)23-13-17(24-16)26(22)19(27)30-21(4,5)6;1-20(2,3)14-7-9-15(10-8-14)31(28,29)26-12-11-16-18(26)22-13-17(23-16)24-25-19(27)30-21(4,5)6;/h7-13H,22H2,1-6H3;7-13H,1-6H3,(H,23,24)(H,25,27);1H4. The number of hydrazine groups is 2. The molecule has 2 amide bonds. The summed E-state index contributed by atoms with van der Waals surface area (Å²) in [5.74, 6) is 6.07. The molecule has 0 bridgehead atoms. The van der Waals surface area contributed by atoms with Crippen molar-refractivity contribution >= 4 is 66.2 Å². The number of nitrogens with zero attached hydrogens (tertiary/aromatic N) is 7. The molecule has 0 saturated heterocycles. The predicted molar refractivity (Wildman–Crippen MR) is 243 cm³/mol. The second-order valence-corrected chi connectivity index (χ2v) is 21.9. The van der Waals surface area contributed by atoms with Gasteiger partial charge >= 0.3 is 12.2 Å². The van der Waals surface area contributed by atoms with E-state index in [0.29, 0.717) is 5.52 Å². The Kier molecular flexibility index (Phi) is 14.1. The Morgan fingerprint density at radius 1 is 0.619 bits per heavy atom. The van der Waals surface area contributed by atoms with Crippen LogP contribution in [0.1, 0.15) is 102 Å². The molecule has 340 valence electrons. The largest absolute Gasteiger partial charge is 0.443 e. The molecule has 0 radical (unpaired) electrons. The highest BCUT2D eigenvalue weighted by Gasteiger charge is 2.26. The third-order valence-corrected chi connectivity index (χ3v) is 12.1. The van der Waals surface area contributed by atoms with E-state index in [1.807, 2.05) is 12.1 Å². The number of carbonyl (C=O) groups is 2. The fraction of sp³-hybridized carbons (Fsp3) is 0.395. The van der Waals surface area contributed by atoms with E-state index >= 15 is 0 Å². The molecule has 4 aromatic heterocycles. The van der Waals surface area contributed by atoms with Gasteiger partial charge in [0.05, 0.1) is 22.2 Å². The molecule has 20 heteroatoms. The number of nitrogens with one attached hydrogen (secondary N) is 2. The lowest BCUT2D eigenvalue weighted by atomic mass is 9.87. The first-order chi connectivity index (χ1) is 28.5. The van der Waals surface area contributed by atoms with E-state index in [-0.39, 0.29) is 56.5 Å². The van der Waals surface area contributed by atoms with Crippen LogP contribution in [0.15, 0.2) is 95.2 Å². The Morgan fingerprint density at radius 3 is 1.44 bits per heavy atom. The van der Waals surface area contributed by atoms with Crippen molar-refractivity contribution in [2.75, 3.05) is 10.4 Å². The molecule has 0 saturated carbocycles. The Hall–Kier alpha value is -6.12. The second-order valence-electron chi connectivity index (χ2n) is 18.3. The van der Waals surface area contributed by atoms with Gasteiger partial charge in [-0.05, 0) is 99.9 Å². The molecule has 18 nitrogen and oxygen atoms in total. The summed E-state index contributed by atoms with van der Waals surface area (Å²) in [4.78, 5) is 41.1. The van der Waals surface area contributed by atoms with Crippen molar-refractivity contribution in [2.24, 2.45) is 5.84 Å². The molecule has 0 aliphatic rings. The predicted octanol–water partition coefficient (Wildman–Crippen LogP) is 8.03. The maximum absolute atomic E-state index is 13.1. The number of aromatic nitrogens is 6. The molecule has 4 heterocycles. The van der Waals surface area contributed by atoms with Gasteiger partial charge in [-0.2, -0.15) is 5.01 Å². The smallest absolute Gasteiger partial charge is 0.430 e. The van der Waals surface area contributed by atoms with Gasteiger partial charge in [0.25, 0.3) is 20.0 Å². The average Bonchev–Trinajstić information content (AvgIpc) is 3.80. The molecule has 6 rings (SSSR count). The zero-order valence-corrected chi connectivity index (χ0v) is 38.5. The Bertz CT molecular complexity index is 2810. The van der Waals surface area contributed by atoms with Crippen LogP contribution >= 0.6 is 0 Å². The minimum Gasteiger partial charge on any atom is -0.443 e. The number of hydrogen-bond donors (Lipinski definition) is 3. The number of ether oxygens (including phenoxy) is 2. The van der Waals surface area contributed by atoms with Crippen LogP contribution in [0.25, 0.3) is 22.3 Å². The van der Waals surface area contributed by atoms with Gasteiger partial charge in [0.1, 0.15) is 22.2 Å². The minimum atomic E-state index is -3.88. The number of anilines is 2. The number of hydrogen-bond acceptors (Lipinski definition) is 14. The third kappa shape index (κ3) is 11.9. The van der Waals surface area contributed by atoms with Gasteiger partial charge in [0, 0.05) is 12.4 Å². The molecule has 0 fully saturated rings. The fourth-order valence-corrected chi connectivity index (χ4v) is 8.23. The van der Waals surface area contributed by atoms with Crippen LogP contribution in [0.5, 0.6) is 0 Å². The summed E-state index contributed by atoms with van der Waals surface area (Å²) in [6.45, 7) is 22.8. The molecular weight excluding hydrogens is 849 g/mol. The Labute approximate surface area is 369 Å². The number of amides is 2. The summed E-state index contributed by atoms with van der Waals surface area (Å²) in [5, 5.41) is 0.731. The van der Waals surface area contributed by atoms with Crippen LogP contribution < -0.4 is 21.7 Å². The topological polar surface area (TPSA) is 236 Å². The molecule has 0 unspecified atom stereocenters. The lowest BCUT2D eigenvalue weighted by molar-refractivity contribution is 0.0537. The minimum absolute atomic E-state index is 0. The summed E-state index contributed by atoms with van der Waals surface area (Å²) in [7, 11) is -7.72. The van der Waals surface area contributed by atoms with Gasteiger partial charge in [0.2, 0.25) is 0 Å². The summed E-state index contributed by atoms with van der Waals surface area (Å²) in [6, 6.07) is 16.6. The quantitative estimate of drug-likeness (QED) is 0.0781. The highest BCUT2D eigenvalue weighted by atomic mass is 32.2. The highest BCUT2D eigenvalue weighted by molar-refractivity contribution is 7.90. The second kappa shape index (κ2) is 17.9. The number of carbonyl (C=O) groups excluding carboxylic acids is 2. The molecule has 2 aromatic carbocycles. The fourth-order valence-electron chi connectivity index (χ4n) is 5.63. The molecule has 4 N–H and O–H groups in total. The summed E-state index contributed by atoms with van der Waals surface area (Å²) in [6.07, 6.45) is 3.86. The first-order valence-electron chi connectivity index (χ1n) is 19.4. The van der Waals surface area contributed by atoms with Gasteiger partial charge < -0.3 is 9.47 Å². The maximum Gasteiger partial charge on any atom is 0.430 e. The van der Waals surface area contributed by atoms with Crippen LogP contribution in [0, 0.1) is 0 Å². The van der Waals surface area contributed by atoms with Crippen molar-refractivity contribution in [1.82, 2.24) is 33.3 Å². The average molecular weight is 907 g/mol. The van der Waals surface area contributed by atoms with Crippen LogP contribution in [0.2, 0.25) is 0 Å².